The number of methoxy groups -OCH3 is 1. The predicted octanol–water partition coefficient (Wildman–Crippen LogP) is 6.03. The van der Waals surface area contributed by atoms with Crippen LogP contribution < -0.4 is 9.04 Å². The summed E-state index contributed by atoms with van der Waals surface area (Å²) in [4.78, 5) is 10.3. The van der Waals surface area contributed by atoms with Crippen LogP contribution in [0.2, 0.25) is 0 Å². The molecule has 5 rings (SSSR count). The molecular weight excluding hydrogens is 496 g/mol. The van der Waals surface area contributed by atoms with Gasteiger partial charge in [-0.05, 0) is 67.4 Å². The number of H-pyrrole nitrogens is 1. The maximum absolute atomic E-state index is 13.4. The van der Waals surface area contributed by atoms with Gasteiger partial charge in [0.25, 0.3) is 10.0 Å². The number of rotatable bonds is 8. The number of benzene rings is 2. The third-order valence-corrected chi connectivity index (χ3v) is 9.08. The summed E-state index contributed by atoms with van der Waals surface area (Å²) in [6, 6.07) is 23.6. The molecule has 1 fully saturated rings. The van der Waals surface area contributed by atoms with Gasteiger partial charge in [-0.25, -0.2) is 8.42 Å². The van der Waals surface area contributed by atoms with Crippen LogP contribution in [-0.4, -0.2) is 44.0 Å². The van der Waals surface area contributed by atoms with Gasteiger partial charge in [0.15, 0.2) is 0 Å². The smallest absolute Gasteiger partial charge is 0.264 e. The van der Waals surface area contributed by atoms with E-state index in [4.69, 9.17) is 4.74 Å². The van der Waals surface area contributed by atoms with Gasteiger partial charge in [-0.1, -0.05) is 43.2 Å². The molecule has 0 bridgehead atoms. The highest BCUT2D eigenvalue weighted by Gasteiger charge is 2.25. The summed E-state index contributed by atoms with van der Waals surface area (Å²) in [5.41, 5.74) is 4.47. The molecule has 38 heavy (non-hydrogen) atoms. The predicted molar refractivity (Wildman–Crippen MR) is 151 cm³/mol. The van der Waals surface area contributed by atoms with E-state index in [2.05, 4.69) is 51.3 Å². The van der Waals surface area contributed by atoms with E-state index in [1.165, 1.54) is 42.4 Å². The van der Waals surface area contributed by atoms with Crippen LogP contribution >= 0.6 is 0 Å². The van der Waals surface area contributed by atoms with Crippen LogP contribution in [0.5, 0.6) is 5.75 Å². The number of aromatic nitrogens is 2. The minimum Gasteiger partial charge on any atom is -0.496 e. The van der Waals surface area contributed by atoms with Crippen molar-refractivity contribution < 1.29 is 13.2 Å². The van der Waals surface area contributed by atoms with E-state index in [-0.39, 0.29) is 4.90 Å². The Balaban J connectivity index is 1.43. The maximum Gasteiger partial charge on any atom is 0.264 e. The molecule has 8 heteroatoms. The summed E-state index contributed by atoms with van der Waals surface area (Å²) < 4.78 is 33.7. The molecule has 1 aliphatic rings. The Morgan fingerprint density at radius 3 is 2.63 bits per heavy atom. The van der Waals surface area contributed by atoms with Gasteiger partial charge in [-0.15, -0.1) is 0 Å². The standard InChI is InChI=1S/C30H34N4O3S/c1-33(25-12-9-18-31-21-25)38(35,36)26-15-17-30(37-2)27(20-26)28-16-14-24(32-28)22-34-19-8-4-7-13-29(34)23-10-5-3-6-11-23/h3,5-6,9-12,14-18,20-21,29,32H,4,7-8,13,19,22H2,1-2H3. The molecular formula is C30H34N4O3S. The Morgan fingerprint density at radius 2 is 1.87 bits per heavy atom. The SMILES string of the molecule is COc1ccc(S(=O)(=O)N(C)c2cccnc2)cc1-c1ccc(CN2CCCCCC2c2ccccc2)[nH]1. The molecule has 0 saturated carbocycles. The summed E-state index contributed by atoms with van der Waals surface area (Å²) in [6.07, 6.45) is 7.97. The van der Waals surface area contributed by atoms with Crippen LogP contribution in [0.25, 0.3) is 11.3 Å². The lowest BCUT2D eigenvalue weighted by atomic mass is 10.0. The van der Waals surface area contributed by atoms with Crippen molar-refractivity contribution in [1.29, 1.82) is 0 Å². The normalized spacial score (nSPS) is 16.6. The first-order chi connectivity index (χ1) is 18.5. The zero-order chi connectivity index (χ0) is 26.5. The lowest BCUT2D eigenvalue weighted by molar-refractivity contribution is 0.190. The van der Waals surface area contributed by atoms with Gasteiger partial charge >= 0.3 is 0 Å². The molecule has 1 unspecified atom stereocenters. The first-order valence-corrected chi connectivity index (χ1v) is 14.5. The van der Waals surface area contributed by atoms with Crippen LogP contribution in [0.15, 0.2) is 90.1 Å². The fourth-order valence-corrected chi connectivity index (χ4v) is 6.42. The Morgan fingerprint density at radius 1 is 1.03 bits per heavy atom. The summed E-state index contributed by atoms with van der Waals surface area (Å²) in [5.74, 6) is 0.610. The molecule has 0 amide bonds. The highest BCUT2D eigenvalue weighted by atomic mass is 32.2. The monoisotopic (exact) mass is 530 g/mol. The van der Waals surface area contributed by atoms with E-state index < -0.39 is 10.0 Å². The average Bonchev–Trinajstić information content (AvgIpc) is 3.30. The van der Waals surface area contributed by atoms with Crippen LogP contribution in [0, 0.1) is 0 Å². The van der Waals surface area contributed by atoms with Gasteiger partial charge in [-0.2, -0.15) is 0 Å². The zero-order valence-electron chi connectivity index (χ0n) is 21.9. The Kier molecular flexibility index (Phi) is 7.81. The van der Waals surface area contributed by atoms with E-state index in [0.717, 1.165) is 30.9 Å². The van der Waals surface area contributed by atoms with Crippen molar-refractivity contribution >= 4 is 15.7 Å². The maximum atomic E-state index is 13.4. The molecule has 0 aliphatic carbocycles. The average molecular weight is 531 g/mol. The third kappa shape index (κ3) is 5.47. The van der Waals surface area contributed by atoms with Crippen LogP contribution in [0.1, 0.15) is 43.0 Å². The van der Waals surface area contributed by atoms with Crippen molar-refractivity contribution in [3.05, 3.63) is 96.4 Å². The fourth-order valence-electron chi connectivity index (χ4n) is 5.21. The molecule has 7 nitrogen and oxygen atoms in total. The number of aromatic amines is 1. The number of likely N-dealkylation sites (tertiary alicyclic amines) is 1. The van der Waals surface area contributed by atoms with Crippen molar-refractivity contribution in [3.8, 4) is 17.0 Å². The van der Waals surface area contributed by atoms with Gasteiger partial charge < -0.3 is 9.72 Å². The van der Waals surface area contributed by atoms with E-state index in [1.54, 1.807) is 43.6 Å². The molecule has 1 saturated heterocycles. The van der Waals surface area contributed by atoms with Crippen LogP contribution in [0.3, 0.4) is 0 Å². The van der Waals surface area contributed by atoms with Crippen molar-refractivity contribution in [2.24, 2.45) is 0 Å². The quantitative estimate of drug-likeness (QED) is 0.301. The Labute approximate surface area is 225 Å². The number of ether oxygens (including phenoxy) is 1. The molecule has 2 aromatic heterocycles. The second-order valence-electron chi connectivity index (χ2n) is 9.69. The lowest BCUT2D eigenvalue weighted by Crippen LogP contribution is -2.28. The highest BCUT2D eigenvalue weighted by molar-refractivity contribution is 7.92. The zero-order valence-corrected chi connectivity index (χ0v) is 22.7. The minimum atomic E-state index is -3.79. The van der Waals surface area contributed by atoms with Gasteiger partial charge in [-0.3, -0.25) is 14.2 Å². The van der Waals surface area contributed by atoms with Crippen molar-refractivity contribution in [2.45, 2.75) is 43.2 Å². The number of sulfonamides is 1. The third-order valence-electron chi connectivity index (χ3n) is 7.30. The molecule has 198 valence electrons. The van der Waals surface area contributed by atoms with Crippen molar-refractivity contribution in [2.75, 3.05) is 25.0 Å². The minimum absolute atomic E-state index is 0.187. The van der Waals surface area contributed by atoms with E-state index in [0.29, 0.717) is 23.0 Å². The van der Waals surface area contributed by atoms with Crippen molar-refractivity contribution in [1.82, 2.24) is 14.9 Å². The molecule has 0 radical (unpaired) electrons. The first kappa shape index (κ1) is 26.0. The molecule has 1 atom stereocenters. The number of nitrogens with zero attached hydrogens (tertiary/aromatic N) is 3. The fraction of sp³-hybridized carbons (Fsp3) is 0.300. The van der Waals surface area contributed by atoms with Crippen LogP contribution in [-0.2, 0) is 16.6 Å². The number of hydrogen-bond acceptors (Lipinski definition) is 5. The lowest BCUT2D eigenvalue weighted by Gasteiger charge is -2.30. The largest absolute Gasteiger partial charge is 0.496 e. The summed E-state index contributed by atoms with van der Waals surface area (Å²) in [5, 5.41) is 0. The second kappa shape index (κ2) is 11.4. The Hall–Kier alpha value is -3.62. The first-order valence-electron chi connectivity index (χ1n) is 13.0. The molecule has 2 aromatic carbocycles. The van der Waals surface area contributed by atoms with Gasteiger partial charge in [0.1, 0.15) is 5.75 Å². The summed E-state index contributed by atoms with van der Waals surface area (Å²) in [7, 11) is -0.657. The molecule has 0 spiro atoms. The second-order valence-corrected chi connectivity index (χ2v) is 11.7. The number of nitrogens with one attached hydrogen (secondary N) is 1. The molecule has 1 N–H and O–H groups in total. The number of pyridine rings is 1. The summed E-state index contributed by atoms with van der Waals surface area (Å²) >= 11 is 0. The van der Waals surface area contributed by atoms with Crippen molar-refractivity contribution in [3.63, 3.8) is 0 Å². The molecule has 4 aromatic rings. The van der Waals surface area contributed by atoms with E-state index in [9.17, 15) is 8.42 Å². The van der Waals surface area contributed by atoms with Crippen LogP contribution in [0.4, 0.5) is 5.69 Å². The van der Waals surface area contributed by atoms with Gasteiger partial charge in [0, 0.05) is 42.8 Å². The highest BCUT2D eigenvalue weighted by Crippen LogP contribution is 2.35. The summed E-state index contributed by atoms with van der Waals surface area (Å²) in [6.45, 7) is 1.84. The van der Waals surface area contributed by atoms with E-state index >= 15 is 0 Å². The topological polar surface area (TPSA) is 78.5 Å². The van der Waals surface area contributed by atoms with Gasteiger partial charge in [0.2, 0.25) is 0 Å². The number of anilines is 1. The number of hydrogen-bond donors (Lipinski definition) is 1. The van der Waals surface area contributed by atoms with E-state index in [1.807, 2.05) is 6.07 Å². The van der Waals surface area contributed by atoms with Gasteiger partial charge in [0.05, 0.1) is 23.9 Å². The molecule has 1 aliphatic heterocycles. The molecule has 3 heterocycles. The Bertz CT molecular complexity index is 1460.